The third kappa shape index (κ3) is 5.08. The van der Waals surface area contributed by atoms with Crippen LogP contribution in [0.1, 0.15) is 75.1 Å². The number of para-hydroxylation sites is 2. The highest BCUT2D eigenvalue weighted by atomic mass is 14.8. The standard InChI is InChI=1S/C48H35N3/c1-4-16-31(17-5-1)43-37-22-10-13-25-40(37)49-46(43)34-28-35(47-44(32-18-6-2-7-19-32)38-23-11-14-26-41(38)50-47)30-36(29-34)48-45(33-20-8-3-9-21-33)39-24-12-15-27-42(39)51-48/h1-11,13-23,25-30,43-45H,12,24H2. The molecular formula is C48H35N3. The molecule has 3 heterocycles. The van der Waals surface area contributed by atoms with Gasteiger partial charge in [-0.2, -0.15) is 0 Å². The second kappa shape index (κ2) is 12.3. The van der Waals surface area contributed by atoms with Gasteiger partial charge in [0.15, 0.2) is 0 Å². The van der Waals surface area contributed by atoms with E-state index in [1.54, 1.807) is 0 Å². The predicted octanol–water partition coefficient (Wildman–Crippen LogP) is 11.4. The first-order valence-electron chi connectivity index (χ1n) is 17.9. The van der Waals surface area contributed by atoms with Crippen LogP contribution >= 0.6 is 0 Å². The number of allylic oxidation sites excluding steroid dienone is 3. The molecule has 10 rings (SSSR count). The lowest BCUT2D eigenvalue weighted by molar-refractivity contribution is 0.876. The number of fused-ring (bicyclic) bond motifs is 2. The first-order chi connectivity index (χ1) is 25.3. The smallest absolute Gasteiger partial charge is 0.0675 e. The van der Waals surface area contributed by atoms with Crippen molar-refractivity contribution < 1.29 is 0 Å². The first-order valence-corrected chi connectivity index (χ1v) is 17.9. The van der Waals surface area contributed by atoms with Crippen LogP contribution in [-0.2, 0) is 0 Å². The predicted molar refractivity (Wildman–Crippen MR) is 209 cm³/mol. The lowest BCUT2D eigenvalue weighted by Crippen LogP contribution is -2.19. The lowest BCUT2D eigenvalue weighted by Gasteiger charge is -2.22. The Morgan fingerprint density at radius 2 is 0.824 bits per heavy atom. The van der Waals surface area contributed by atoms with Crippen molar-refractivity contribution in [3.63, 3.8) is 0 Å². The Balaban J connectivity index is 1.20. The Labute approximate surface area is 298 Å². The van der Waals surface area contributed by atoms with Gasteiger partial charge in [-0.3, -0.25) is 15.0 Å². The van der Waals surface area contributed by atoms with E-state index >= 15 is 0 Å². The summed E-state index contributed by atoms with van der Waals surface area (Å²) >= 11 is 0. The summed E-state index contributed by atoms with van der Waals surface area (Å²) in [5.41, 5.74) is 17.4. The molecule has 0 amide bonds. The number of benzene rings is 6. The molecule has 242 valence electrons. The fourth-order valence-electron chi connectivity index (χ4n) is 8.51. The fraction of sp³-hybridized carbons (Fsp3) is 0.104. The molecule has 4 aliphatic rings. The quantitative estimate of drug-likeness (QED) is 0.172. The van der Waals surface area contributed by atoms with Gasteiger partial charge in [-0.1, -0.05) is 133 Å². The van der Waals surface area contributed by atoms with E-state index in [0.29, 0.717) is 0 Å². The topological polar surface area (TPSA) is 37.1 Å². The van der Waals surface area contributed by atoms with Crippen molar-refractivity contribution in [3.8, 4) is 0 Å². The molecule has 3 unspecified atom stereocenters. The molecule has 6 aromatic rings. The minimum atomic E-state index is 0.0165. The maximum absolute atomic E-state index is 5.44. The van der Waals surface area contributed by atoms with E-state index in [2.05, 4.69) is 170 Å². The van der Waals surface area contributed by atoms with E-state index in [1.807, 2.05) is 0 Å². The van der Waals surface area contributed by atoms with Crippen LogP contribution in [0, 0.1) is 0 Å². The summed E-state index contributed by atoms with van der Waals surface area (Å²) in [7, 11) is 0. The van der Waals surface area contributed by atoms with Gasteiger partial charge in [0, 0.05) is 0 Å². The van der Waals surface area contributed by atoms with Gasteiger partial charge < -0.3 is 0 Å². The molecule has 0 saturated heterocycles. The van der Waals surface area contributed by atoms with Crippen molar-refractivity contribution in [3.05, 3.63) is 226 Å². The SMILES string of the molecule is C1=CC2=C(CC1)C(c1ccccc1)C(c1cc(C3=Nc4ccccc4C3c3ccccc3)cc(C3=Nc4ccccc4C3c3ccccc3)c1)=N2. The summed E-state index contributed by atoms with van der Waals surface area (Å²) in [5.74, 6) is 0.125. The third-order valence-corrected chi connectivity index (χ3v) is 10.8. The van der Waals surface area contributed by atoms with Gasteiger partial charge in [0.25, 0.3) is 0 Å². The van der Waals surface area contributed by atoms with E-state index in [4.69, 9.17) is 15.0 Å². The number of rotatable bonds is 6. The van der Waals surface area contributed by atoms with Crippen molar-refractivity contribution in [2.24, 2.45) is 15.0 Å². The van der Waals surface area contributed by atoms with Crippen LogP contribution in [0.15, 0.2) is 196 Å². The summed E-state index contributed by atoms with van der Waals surface area (Å²) < 4.78 is 0. The first kappa shape index (κ1) is 29.7. The van der Waals surface area contributed by atoms with Gasteiger partial charge in [0.2, 0.25) is 0 Å². The van der Waals surface area contributed by atoms with Crippen molar-refractivity contribution in [1.29, 1.82) is 0 Å². The molecule has 3 aliphatic heterocycles. The zero-order valence-corrected chi connectivity index (χ0v) is 28.2. The van der Waals surface area contributed by atoms with Crippen LogP contribution in [0.4, 0.5) is 11.4 Å². The molecule has 3 nitrogen and oxygen atoms in total. The van der Waals surface area contributed by atoms with Crippen LogP contribution in [-0.4, -0.2) is 17.1 Å². The maximum atomic E-state index is 5.44. The van der Waals surface area contributed by atoms with Crippen molar-refractivity contribution in [2.45, 2.75) is 30.6 Å². The summed E-state index contributed by atoms with van der Waals surface area (Å²) in [6.45, 7) is 0. The van der Waals surface area contributed by atoms with Crippen molar-refractivity contribution in [1.82, 2.24) is 0 Å². The number of aliphatic imine (C=N–C) groups is 3. The molecule has 0 spiro atoms. The normalized spacial score (nSPS) is 20.0. The molecule has 0 saturated carbocycles. The molecule has 51 heavy (non-hydrogen) atoms. The molecule has 0 aromatic heterocycles. The van der Waals surface area contributed by atoms with Crippen molar-refractivity contribution in [2.75, 3.05) is 0 Å². The van der Waals surface area contributed by atoms with Crippen LogP contribution in [0.2, 0.25) is 0 Å². The Morgan fingerprint density at radius 1 is 0.412 bits per heavy atom. The second-order valence-corrected chi connectivity index (χ2v) is 13.8. The molecule has 0 fully saturated rings. The van der Waals surface area contributed by atoms with E-state index in [1.165, 1.54) is 33.4 Å². The average Bonchev–Trinajstić information content (AvgIpc) is 3.91. The molecule has 0 bridgehead atoms. The zero-order valence-electron chi connectivity index (χ0n) is 28.2. The van der Waals surface area contributed by atoms with Crippen LogP contribution in [0.25, 0.3) is 0 Å². The lowest BCUT2D eigenvalue weighted by atomic mass is 9.79. The highest BCUT2D eigenvalue weighted by Crippen LogP contribution is 2.46. The van der Waals surface area contributed by atoms with E-state index in [0.717, 1.165) is 63.7 Å². The van der Waals surface area contributed by atoms with Gasteiger partial charge in [-0.25, -0.2) is 0 Å². The van der Waals surface area contributed by atoms with Gasteiger partial charge >= 0.3 is 0 Å². The monoisotopic (exact) mass is 653 g/mol. The van der Waals surface area contributed by atoms with E-state index in [9.17, 15) is 0 Å². The summed E-state index contributed by atoms with van der Waals surface area (Å²) in [4.78, 5) is 16.2. The zero-order chi connectivity index (χ0) is 33.7. The summed E-state index contributed by atoms with van der Waals surface area (Å²) in [6.07, 6.45) is 6.54. The highest BCUT2D eigenvalue weighted by Gasteiger charge is 2.36. The summed E-state index contributed by atoms with van der Waals surface area (Å²) in [5, 5.41) is 0. The Bertz CT molecular complexity index is 2340. The summed E-state index contributed by atoms with van der Waals surface area (Å²) in [6, 6.07) is 56.7. The largest absolute Gasteiger partial charge is 0.252 e. The van der Waals surface area contributed by atoms with Crippen molar-refractivity contribution >= 4 is 28.5 Å². The van der Waals surface area contributed by atoms with Gasteiger partial charge in [-0.15, -0.1) is 0 Å². The number of nitrogens with zero attached hydrogens (tertiary/aromatic N) is 3. The van der Waals surface area contributed by atoms with Gasteiger partial charge in [0.05, 0.1) is 52.0 Å². The van der Waals surface area contributed by atoms with Crippen LogP contribution < -0.4 is 0 Å². The second-order valence-electron chi connectivity index (χ2n) is 13.8. The maximum Gasteiger partial charge on any atom is 0.0675 e. The molecule has 3 heteroatoms. The number of hydrogen-bond donors (Lipinski definition) is 0. The molecular weight excluding hydrogens is 619 g/mol. The number of hydrogen-bond acceptors (Lipinski definition) is 3. The minimum absolute atomic E-state index is 0.0165. The Hall–Kier alpha value is -6.19. The van der Waals surface area contributed by atoms with Crippen LogP contribution in [0.5, 0.6) is 0 Å². The molecule has 6 aromatic carbocycles. The fourth-order valence-corrected chi connectivity index (χ4v) is 8.51. The van der Waals surface area contributed by atoms with Crippen LogP contribution in [0.3, 0.4) is 0 Å². The average molecular weight is 654 g/mol. The van der Waals surface area contributed by atoms with Gasteiger partial charge in [0.1, 0.15) is 0 Å². The molecule has 1 aliphatic carbocycles. The van der Waals surface area contributed by atoms with Gasteiger partial charge in [-0.05, 0) is 99.3 Å². The minimum Gasteiger partial charge on any atom is -0.252 e. The molecule has 0 radical (unpaired) electrons. The highest BCUT2D eigenvalue weighted by molar-refractivity contribution is 6.19. The molecule has 0 N–H and O–H groups in total. The Morgan fingerprint density at radius 3 is 1.31 bits per heavy atom. The van der Waals surface area contributed by atoms with E-state index < -0.39 is 0 Å². The third-order valence-electron chi connectivity index (χ3n) is 10.8. The molecule has 3 atom stereocenters. The Kier molecular flexibility index (Phi) is 7.16. The van der Waals surface area contributed by atoms with E-state index in [-0.39, 0.29) is 17.8 Å².